The number of alkyl halides is 3. The van der Waals surface area contributed by atoms with Crippen LogP contribution < -0.4 is 10.1 Å². The van der Waals surface area contributed by atoms with E-state index in [1.54, 1.807) is 6.92 Å². The summed E-state index contributed by atoms with van der Waals surface area (Å²) in [5, 5.41) is 11.2. The van der Waals surface area contributed by atoms with Gasteiger partial charge in [-0.3, -0.25) is 4.79 Å². The van der Waals surface area contributed by atoms with Gasteiger partial charge in [0.2, 0.25) is 5.88 Å². The molecule has 0 spiro atoms. The number of pyridine rings is 1. The molecule has 1 aromatic heterocycles. The van der Waals surface area contributed by atoms with E-state index < -0.39 is 30.7 Å². The van der Waals surface area contributed by atoms with Crippen LogP contribution in [0.15, 0.2) is 18.3 Å². The number of carbonyl (C=O) groups excluding carboxylic acids is 1. The maximum atomic E-state index is 12.0. The third kappa shape index (κ3) is 5.98. The summed E-state index contributed by atoms with van der Waals surface area (Å²) in [4.78, 5) is 26.3. The number of aliphatic carboxylic acids is 1. The van der Waals surface area contributed by atoms with Crippen LogP contribution in [-0.2, 0) is 4.79 Å². The van der Waals surface area contributed by atoms with E-state index >= 15 is 0 Å². The fourth-order valence-electron chi connectivity index (χ4n) is 1.54. The highest BCUT2D eigenvalue weighted by molar-refractivity contribution is 5.96. The normalized spacial score (nSPS) is 12.5. The zero-order chi connectivity index (χ0) is 16.8. The molecular formula is C13H15F3N2O4. The number of halogens is 3. The van der Waals surface area contributed by atoms with Crippen LogP contribution in [0.1, 0.15) is 30.1 Å². The minimum atomic E-state index is -4.48. The molecule has 0 aromatic carbocycles. The third-order valence-electron chi connectivity index (χ3n) is 2.56. The number of carboxylic acid groups (broad SMARTS) is 1. The first kappa shape index (κ1) is 17.7. The first-order valence-corrected chi connectivity index (χ1v) is 6.42. The van der Waals surface area contributed by atoms with Gasteiger partial charge < -0.3 is 15.2 Å². The molecule has 0 aliphatic carbocycles. The standard InChI is InChI=1S/C13H15F3N2O4/c1-2-3-9(12(20)21)18-11(19)8-4-5-10(17-6-8)22-7-13(14,15)16/h4-6,9H,2-3,7H2,1H3,(H,18,19)(H,20,21). The van der Waals surface area contributed by atoms with Crippen LogP contribution in [0.2, 0.25) is 0 Å². The summed E-state index contributed by atoms with van der Waals surface area (Å²) in [6.45, 7) is 0.291. The van der Waals surface area contributed by atoms with Crippen LogP contribution in [0.5, 0.6) is 5.88 Å². The van der Waals surface area contributed by atoms with E-state index in [0.29, 0.717) is 6.42 Å². The molecule has 0 aliphatic rings. The van der Waals surface area contributed by atoms with Crippen molar-refractivity contribution in [3.8, 4) is 5.88 Å². The lowest BCUT2D eigenvalue weighted by Gasteiger charge is -2.13. The lowest BCUT2D eigenvalue weighted by Crippen LogP contribution is -2.40. The van der Waals surface area contributed by atoms with Gasteiger partial charge in [0.05, 0.1) is 5.56 Å². The predicted molar refractivity (Wildman–Crippen MR) is 69.6 cm³/mol. The number of carboxylic acids is 1. The Hall–Kier alpha value is -2.32. The number of ether oxygens (including phenoxy) is 1. The van der Waals surface area contributed by atoms with Gasteiger partial charge in [-0.1, -0.05) is 13.3 Å². The highest BCUT2D eigenvalue weighted by Gasteiger charge is 2.28. The molecule has 0 aliphatic heterocycles. The number of hydrogen-bond donors (Lipinski definition) is 2. The molecule has 0 fully saturated rings. The Kier molecular flexibility index (Phi) is 6.14. The second kappa shape index (κ2) is 7.62. The molecule has 1 amide bonds. The zero-order valence-corrected chi connectivity index (χ0v) is 11.7. The molecule has 1 rings (SSSR count). The monoisotopic (exact) mass is 320 g/mol. The van der Waals surface area contributed by atoms with Crippen LogP contribution >= 0.6 is 0 Å². The Morgan fingerprint density at radius 3 is 2.55 bits per heavy atom. The largest absolute Gasteiger partial charge is 0.480 e. The van der Waals surface area contributed by atoms with E-state index in [2.05, 4.69) is 15.0 Å². The average molecular weight is 320 g/mol. The van der Waals surface area contributed by atoms with E-state index in [0.717, 1.165) is 12.3 Å². The molecule has 9 heteroatoms. The first-order valence-electron chi connectivity index (χ1n) is 6.42. The molecule has 1 aromatic rings. The molecule has 1 atom stereocenters. The minimum Gasteiger partial charge on any atom is -0.480 e. The van der Waals surface area contributed by atoms with Crippen molar-refractivity contribution in [2.24, 2.45) is 0 Å². The number of amides is 1. The van der Waals surface area contributed by atoms with Gasteiger partial charge in [0.15, 0.2) is 6.61 Å². The summed E-state index contributed by atoms with van der Waals surface area (Å²) in [6, 6.07) is 1.29. The maximum absolute atomic E-state index is 12.0. The molecule has 22 heavy (non-hydrogen) atoms. The van der Waals surface area contributed by atoms with Gasteiger partial charge in [0.1, 0.15) is 6.04 Å². The SMILES string of the molecule is CCCC(NC(=O)c1ccc(OCC(F)(F)F)nc1)C(=O)O. The molecule has 0 bridgehead atoms. The zero-order valence-electron chi connectivity index (χ0n) is 11.7. The number of rotatable bonds is 7. The van der Waals surface area contributed by atoms with Crippen LogP contribution in [0.25, 0.3) is 0 Å². The van der Waals surface area contributed by atoms with Crippen LogP contribution in [0, 0.1) is 0 Å². The molecule has 122 valence electrons. The second-order valence-electron chi connectivity index (χ2n) is 4.44. The highest BCUT2D eigenvalue weighted by atomic mass is 19.4. The minimum absolute atomic E-state index is 0.0294. The summed E-state index contributed by atoms with van der Waals surface area (Å²) < 4.78 is 40.3. The third-order valence-corrected chi connectivity index (χ3v) is 2.56. The molecule has 0 radical (unpaired) electrons. The van der Waals surface area contributed by atoms with E-state index in [9.17, 15) is 22.8 Å². The summed E-state index contributed by atoms with van der Waals surface area (Å²) >= 11 is 0. The Morgan fingerprint density at radius 1 is 1.41 bits per heavy atom. The topological polar surface area (TPSA) is 88.5 Å². The number of carbonyl (C=O) groups is 2. The lowest BCUT2D eigenvalue weighted by molar-refractivity contribution is -0.154. The molecular weight excluding hydrogens is 305 g/mol. The summed E-state index contributed by atoms with van der Waals surface area (Å²) in [7, 11) is 0. The molecule has 2 N–H and O–H groups in total. The van der Waals surface area contributed by atoms with Gasteiger partial charge >= 0.3 is 12.1 Å². The fourth-order valence-corrected chi connectivity index (χ4v) is 1.54. The van der Waals surface area contributed by atoms with Crippen molar-refractivity contribution in [3.63, 3.8) is 0 Å². The van der Waals surface area contributed by atoms with E-state index in [-0.39, 0.29) is 17.9 Å². The van der Waals surface area contributed by atoms with Gasteiger partial charge in [0, 0.05) is 12.3 Å². The van der Waals surface area contributed by atoms with E-state index in [4.69, 9.17) is 5.11 Å². The van der Waals surface area contributed by atoms with Crippen LogP contribution in [-0.4, -0.2) is 40.8 Å². The number of nitrogens with zero attached hydrogens (tertiary/aromatic N) is 1. The maximum Gasteiger partial charge on any atom is 0.422 e. The van der Waals surface area contributed by atoms with Gasteiger partial charge in [-0.05, 0) is 12.5 Å². The van der Waals surface area contributed by atoms with Gasteiger partial charge in [-0.25, -0.2) is 9.78 Å². The smallest absolute Gasteiger partial charge is 0.422 e. The Balaban J connectivity index is 2.65. The van der Waals surface area contributed by atoms with Crippen molar-refractivity contribution in [2.75, 3.05) is 6.61 Å². The highest BCUT2D eigenvalue weighted by Crippen LogP contribution is 2.17. The second-order valence-corrected chi connectivity index (χ2v) is 4.44. The summed E-state index contributed by atoms with van der Waals surface area (Å²) in [5.41, 5.74) is 0.0294. The van der Waals surface area contributed by atoms with E-state index in [1.165, 1.54) is 6.07 Å². The summed E-state index contributed by atoms with van der Waals surface area (Å²) in [6.07, 6.45) is -2.63. The number of nitrogens with one attached hydrogen (secondary N) is 1. The van der Waals surface area contributed by atoms with Crippen molar-refractivity contribution < 1.29 is 32.6 Å². The van der Waals surface area contributed by atoms with Crippen molar-refractivity contribution in [1.29, 1.82) is 0 Å². The van der Waals surface area contributed by atoms with E-state index in [1.807, 2.05) is 0 Å². The Bertz CT molecular complexity index is 517. The lowest BCUT2D eigenvalue weighted by atomic mass is 10.1. The average Bonchev–Trinajstić information content (AvgIpc) is 2.44. The Morgan fingerprint density at radius 2 is 2.09 bits per heavy atom. The molecule has 1 heterocycles. The summed E-state index contributed by atoms with van der Waals surface area (Å²) in [5.74, 6) is -2.11. The van der Waals surface area contributed by atoms with Crippen molar-refractivity contribution in [1.82, 2.24) is 10.3 Å². The molecule has 0 saturated carbocycles. The van der Waals surface area contributed by atoms with Crippen molar-refractivity contribution in [2.45, 2.75) is 32.0 Å². The van der Waals surface area contributed by atoms with Crippen molar-refractivity contribution in [3.05, 3.63) is 23.9 Å². The quantitative estimate of drug-likeness (QED) is 0.802. The first-order chi connectivity index (χ1) is 10.2. The van der Waals surface area contributed by atoms with Gasteiger partial charge in [-0.2, -0.15) is 13.2 Å². The Labute approximate surface area is 124 Å². The number of hydrogen-bond acceptors (Lipinski definition) is 4. The molecule has 0 saturated heterocycles. The van der Waals surface area contributed by atoms with Crippen LogP contribution in [0.4, 0.5) is 13.2 Å². The van der Waals surface area contributed by atoms with Gasteiger partial charge in [0.25, 0.3) is 5.91 Å². The van der Waals surface area contributed by atoms with Gasteiger partial charge in [-0.15, -0.1) is 0 Å². The molecule has 1 unspecified atom stereocenters. The fraction of sp³-hybridized carbons (Fsp3) is 0.462. The van der Waals surface area contributed by atoms with Crippen molar-refractivity contribution >= 4 is 11.9 Å². The number of aromatic nitrogens is 1. The molecule has 6 nitrogen and oxygen atoms in total. The predicted octanol–water partition coefficient (Wildman–Crippen LogP) is 2.01. The van der Waals surface area contributed by atoms with Crippen LogP contribution in [0.3, 0.4) is 0 Å².